The summed E-state index contributed by atoms with van der Waals surface area (Å²) in [4.78, 5) is 0. The average Bonchev–Trinajstić information content (AvgIpc) is 2.35. The third kappa shape index (κ3) is 3.53. The summed E-state index contributed by atoms with van der Waals surface area (Å²) in [6.45, 7) is 0. The van der Waals surface area contributed by atoms with Crippen molar-refractivity contribution in [3.8, 4) is 0 Å². The Morgan fingerprint density at radius 3 is 2.53 bits per heavy atom. The highest BCUT2D eigenvalue weighted by atomic mass is 79.9. The molecular weight excluding hydrogens is 336 g/mol. The molecule has 0 heterocycles. The number of nitrogens with two attached hydrogens (primary N) is 1. The van der Waals surface area contributed by atoms with Crippen LogP contribution in [0, 0.1) is 11.6 Å². The van der Waals surface area contributed by atoms with Gasteiger partial charge in [0.15, 0.2) is 0 Å². The zero-order valence-corrected chi connectivity index (χ0v) is 12.2. The van der Waals surface area contributed by atoms with E-state index in [0.717, 1.165) is 4.47 Å². The predicted octanol–water partition coefficient (Wildman–Crippen LogP) is 4.62. The molecular formula is C14H11BrClF2N. The standard InChI is InChI=1S/C14H11BrClF2N/c15-9-2-4-12(17)11(6-9)14(19)5-8-1-3-10(16)7-13(8)18/h1-4,6-7,14H,5,19H2. The van der Waals surface area contributed by atoms with Gasteiger partial charge >= 0.3 is 0 Å². The summed E-state index contributed by atoms with van der Waals surface area (Å²) < 4.78 is 28.1. The molecule has 0 spiro atoms. The first kappa shape index (κ1) is 14.4. The summed E-state index contributed by atoms with van der Waals surface area (Å²) >= 11 is 8.94. The third-order valence-corrected chi connectivity index (χ3v) is 3.54. The van der Waals surface area contributed by atoms with Crippen molar-refractivity contribution in [1.29, 1.82) is 0 Å². The molecule has 1 atom stereocenters. The van der Waals surface area contributed by atoms with E-state index < -0.39 is 17.7 Å². The minimum Gasteiger partial charge on any atom is -0.324 e. The van der Waals surface area contributed by atoms with E-state index in [1.807, 2.05) is 0 Å². The molecule has 0 bridgehead atoms. The largest absolute Gasteiger partial charge is 0.324 e. The molecule has 5 heteroatoms. The van der Waals surface area contributed by atoms with Gasteiger partial charge in [0, 0.05) is 21.1 Å². The summed E-state index contributed by atoms with van der Waals surface area (Å²) in [6.07, 6.45) is 0.205. The summed E-state index contributed by atoms with van der Waals surface area (Å²) in [5.41, 5.74) is 6.71. The minimum atomic E-state index is -0.617. The van der Waals surface area contributed by atoms with E-state index in [4.69, 9.17) is 17.3 Å². The first-order chi connectivity index (χ1) is 8.97. The van der Waals surface area contributed by atoms with Gasteiger partial charge in [0.1, 0.15) is 11.6 Å². The molecule has 1 nitrogen and oxygen atoms in total. The van der Waals surface area contributed by atoms with Crippen LogP contribution in [-0.4, -0.2) is 0 Å². The normalized spacial score (nSPS) is 12.5. The number of halogens is 4. The van der Waals surface area contributed by atoms with E-state index >= 15 is 0 Å². The maximum Gasteiger partial charge on any atom is 0.128 e. The molecule has 0 aliphatic carbocycles. The van der Waals surface area contributed by atoms with Crippen LogP contribution in [0.4, 0.5) is 8.78 Å². The smallest absolute Gasteiger partial charge is 0.128 e. The maximum atomic E-state index is 13.7. The molecule has 19 heavy (non-hydrogen) atoms. The van der Waals surface area contributed by atoms with Crippen LogP contribution in [0.1, 0.15) is 17.2 Å². The van der Waals surface area contributed by atoms with Crippen molar-refractivity contribution in [3.05, 3.63) is 68.7 Å². The molecule has 1 unspecified atom stereocenters. The number of rotatable bonds is 3. The zero-order chi connectivity index (χ0) is 14.0. The molecule has 2 aromatic carbocycles. The molecule has 0 aliphatic heterocycles. The average molecular weight is 347 g/mol. The number of hydrogen-bond donors (Lipinski definition) is 1. The predicted molar refractivity (Wildman–Crippen MR) is 76.1 cm³/mol. The molecule has 0 fully saturated rings. The summed E-state index contributed by atoms with van der Waals surface area (Å²) in [5.74, 6) is -0.830. The summed E-state index contributed by atoms with van der Waals surface area (Å²) in [6, 6.07) is 8.28. The fraction of sp³-hybridized carbons (Fsp3) is 0.143. The van der Waals surface area contributed by atoms with Crippen LogP contribution in [0.15, 0.2) is 40.9 Å². The van der Waals surface area contributed by atoms with Crippen LogP contribution >= 0.6 is 27.5 Å². The molecule has 0 saturated heterocycles. The summed E-state index contributed by atoms with van der Waals surface area (Å²) in [7, 11) is 0. The van der Waals surface area contributed by atoms with Gasteiger partial charge in [-0.1, -0.05) is 33.6 Å². The Balaban J connectivity index is 2.25. The van der Waals surface area contributed by atoms with E-state index in [0.29, 0.717) is 16.1 Å². The second-order valence-corrected chi connectivity index (χ2v) is 5.56. The lowest BCUT2D eigenvalue weighted by Gasteiger charge is -2.14. The molecule has 0 amide bonds. The molecule has 0 radical (unpaired) electrons. The van der Waals surface area contributed by atoms with Crippen molar-refractivity contribution in [1.82, 2.24) is 0 Å². The molecule has 0 aliphatic rings. The van der Waals surface area contributed by atoms with E-state index in [-0.39, 0.29) is 6.42 Å². The minimum absolute atomic E-state index is 0.205. The molecule has 0 aromatic heterocycles. The first-order valence-electron chi connectivity index (χ1n) is 5.62. The van der Waals surface area contributed by atoms with Gasteiger partial charge < -0.3 is 5.73 Å². The topological polar surface area (TPSA) is 26.0 Å². The highest BCUT2D eigenvalue weighted by Gasteiger charge is 2.14. The van der Waals surface area contributed by atoms with Gasteiger partial charge in [0.25, 0.3) is 0 Å². The van der Waals surface area contributed by atoms with Gasteiger partial charge in [0.2, 0.25) is 0 Å². The van der Waals surface area contributed by atoms with Crippen molar-refractivity contribution >= 4 is 27.5 Å². The quantitative estimate of drug-likeness (QED) is 0.862. The number of benzene rings is 2. The van der Waals surface area contributed by atoms with E-state index in [1.165, 1.54) is 12.1 Å². The summed E-state index contributed by atoms with van der Waals surface area (Å²) in [5, 5.41) is 0.323. The lowest BCUT2D eigenvalue weighted by atomic mass is 9.99. The van der Waals surface area contributed by atoms with Crippen LogP contribution in [0.3, 0.4) is 0 Å². The first-order valence-corrected chi connectivity index (χ1v) is 6.79. The van der Waals surface area contributed by atoms with E-state index in [9.17, 15) is 8.78 Å². The SMILES string of the molecule is NC(Cc1ccc(Cl)cc1F)c1cc(Br)ccc1F. The van der Waals surface area contributed by atoms with Crippen LogP contribution in [0.2, 0.25) is 5.02 Å². The van der Waals surface area contributed by atoms with Crippen molar-refractivity contribution in [2.45, 2.75) is 12.5 Å². The molecule has 2 aromatic rings. The fourth-order valence-corrected chi connectivity index (χ4v) is 2.37. The Kier molecular flexibility index (Phi) is 4.55. The molecule has 100 valence electrons. The zero-order valence-electron chi connectivity index (χ0n) is 9.84. The monoisotopic (exact) mass is 345 g/mol. The van der Waals surface area contributed by atoms with E-state index in [2.05, 4.69) is 15.9 Å². The fourth-order valence-electron chi connectivity index (χ4n) is 1.83. The molecule has 0 saturated carbocycles. The molecule has 2 N–H and O–H groups in total. The van der Waals surface area contributed by atoms with Gasteiger partial charge in [-0.15, -0.1) is 0 Å². The second kappa shape index (κ2) is 5.99. The van der Waals surface area contributed by atoms with Gasteiger partial charge in [-0.05, 0) is 42.3 Å². The van der Waals surface area contributed by atoms with Crippen molar-refractivity contribution in [2.75, 3.05) is 0 Å². The van der Waals surface area contributed by atoms with Gasteiger partial charge in [-0.25, -0.2) is 8.78 Å². The van der Waals surface area contributed by atoms with Gasteiger partial charge in [-0.2, -0.15) is 0 Å². The Morgan fingerprint density at radius 2 is 1.84 bits per heavy atom. The third-order valence-electron chi connectivity index (χ3n) is 2.81. The lowest BCUT2D eigenvalue weighted by molar-refractivity contribution is 0.563. The Hall–Kier alpha value is -0.970. The van der Waals surface area contributed by atoms with E-state index in [1.54, 1.807) is 24.3 Å². The Labute approximate surface area is 123 Å². The Bertz CT molecular complexity index is 604. The molecule has 2 rings (SSSR count). The van der Waals surface area contributed by atoms with Crippen LogP contribution in [0.5, 0.6) is 0 Å². The highest BCUT2D eigenvalue weighted by Crippen LogP contribution is 2.24. The maximum absolute atomic E-state index is 13.7. The van der Waals surface area contributed by atoms with Crippen molar-refractivity contribution < 1.29 is 8.78 Å². The highest BCUT2D eigenvalue weighted by molar-refractivity contribution is 9.10. The van der Waals surface area contributed by atoms with Gasteiger partial charge in [-0.3, -0.25) is 0 Å². The Morgan fingerprint density at radius 1 is 1.11 bits per heavy atom. The number of hydrogen-bond acceptors (Lipinski definition) is 1. The van der Waals surface area contributed by atoms with Crippen molar-refractivity contribution in [3.63, 3.8) is 0 Å². The van der Waals surface area contributed by atoms with Crippen molar-refractivity contribution in [2.24, 2.45) is 5.73 Å². The second-order valence-electron chi connectivity index (χ2n) is 4.21. The van der Waals surface area contributed by atoms with Gasteiger partial charge in [0.05, 0.1) is 0 Å². The van der Waals surface area contributed by atoms with Crippen LogP contribution in [0.25, 0.3) is 0 Å². The lowest BCUT2D eigenvalue weighted by Crippen LogP contribution is -2.15. The van der Waals surface area contributed by atoms with Crippen LogP contribution in [-0.2, 0) is 6.42 Å². The van der Waals surface area contributed by atoms with Crippen LogP contribution < -0.4 is 5.73 Å².